The van der Waals surface area contributed by atoms with Crippen LogP contribution in [0.5, 0.6) is 0 Å². The lowest BCUT2D eigenvalue weighted by molar-refractivity contribution is -0.137. The molecule has 1 aromatic rings. The van der Waals surface area contributed by atoms with Gasteiger partial charge in [-0.15, -0.1) is 12.4 Å². The zero-order chi connectivity index (χ0) is 17.4. The zero-order valence-corrected chi connectivity index (χ0v) is 14.6. The van der Waals surface area contributed by atoms with E-state index in [-0.39, 0.29) is 42.5 Å². The topological polar surface area (TPSA) is 73.2 Å². The molecule has 1 heterocycles. The van der Waals surface area contributed by atoms with Gasteiger partial charge in [-0.3, -0.25) is 0 Å². The molecular formula is C14H17ClF3N3O2S. The van der Waals surface area contributed by atoms with E-state index in [2.05, 4.69) is 5.32 Å². The maximum Gasteiger partial charge on any atom is 0.417 e. The second-order valence-corrected chi connectivity index (χ2v) is 7.55. The summed E-state index contributed by atoms with van der Waals surface area (Å²) in [5, 5.41) is 12.1. The Bertz CT molecular complexity index is 737. The molecule has 0 radical (unpaired) electrons. The van der Waals surface area contributed by atoms with Crippen molar-refractivity contribution in [1.82, 2.24) is 9.62 Å². The molecule has 1 fully saturated rings. The molecule has 10 heteroatoms. The SMILES string of the molecule is CC1CN(S(=O)(=O)c2ccc(C(F)(F)F)c(C#N)c2)CC(C)N1.Cl. The van der Waals surface area contributed by atoms with E-state index >= 15 is 0 Å². The standard InChI is InChI=1S/C14H16F3N3O2S.ClH/c1-9-7-20(8-10(2)19-9)23(21,22)12-3-4-13(14(15,16)17)11(5-12)6-18;/h3-5,9-10,19H,7-8H2,1-2H3;1H. The Kier molecular flexibility index (Phi) is 6.27. The van der Waals surface area contributed by atoms with Crippen LogP contribution in [0.4, 0.5) is 13.2 Å². The van der Waals surface area contributed by atoms with E-state index in [1.807, 2.05) is 13.8 Å². The molecule has 0 saturated carbocycles. The fraction of sp³-hybridized carbons (Fsp3) is 0.500. The van der Waals surface area contributed by atoms with Gasteiger partial charge in [0.25, 0.3) is 0 Å². The molecule has 134 valence electrons. The second-order valence-electron chi connectivity index (χ2n) is 5.61. The molecule has 0 amide bonds. The first-order chi connectivity index (χ1) is 10.6. The van der Waals surface area contributed by atoms with Crippen LogP contribution >= 0.6 is 12.4 Å². The molecule has 0 aromatic heterocycles. The third-order valence-corrected chi connectivity index (χ3v) is 5.41. The highest BCUT2D eigenvalue weighted by Crippen LogP contribution is 2.33. The van der Waals surface area contributed by atoms with Crippen molar-refractivity contribution in [2.24, 2.45) is 0 Å². The minimum absolute atomic E-state index is 0. The quantitative estimate of drug-likeness (QED) is 0.851. The minimum Gasteiger partial charge on any atom is -0.309 e. The van der Waals surface area contributed by atoms with Gasteiger partial charge in [-0.05, 0) is 32.0 Å². The van der Waals surface area contributed by atoms with Crippen molar-refractivity contribution < 1.29 is 21.6 Å². The van der Waals surface area contributed by atoms with Crippen LogP contribution < -0.4 is 5.32 Å². The molecule has 0 aliphatic carbocycles. The number of piperazine rings is 1. The number of halogens is 4. The first-order valence-corrected chi connectivity index (χ1v) is 8.37. The lowest BCUT2D eigenvalue weighted by atomic mass is 10.1. The molecule has 0 spiro atoms. The van der Waals surface area contributed by atoms with Crippen LogP contribution in [-0.4, -0.2) is 37.9 Å². The fourth-order valence-electron chi connectivity index (χ4n) is 2.65. The summed E-state index contributed by atoms with van der Waals surface area (Å²) in [5.74, 6) is 0. The fourth-order valence-corrected chi connectivity index (χ4v) is 4.29. The van der Waals surface area contributed by atoms with Gasteiger partial charge in [-0.1, -0.05) is 0 Å². The number of hydrogen-bond donors (Lipinski definition) is 1. The smallest absolute Gasteiger partial charge is 0.309 e. The van der Waals surface area contributed by atoms with Crippen LogP contribution in [0.2, 0.25) is 0 Å². The van der Waals surface area contributed by atoms with Crippen LogP contribution in [0.25, 0.3) is 0 Å². The average molecular weight is 384 g/mol. The minimum atomic E-state index is -4.70. The zero-order valence-electron chi connectivity index (χ0n) is 13.0. The maximum absolute atomic E-state index is 12.8. The molecule has 1 aliphatic rings. The molecule has 0 bridgehead atoms. The van der Waals surface area contributed by atoms with Crippen molar-refractivity contribution in [3.8, 4) is 6.07 Å². The van der Waals surface area contributed by atoms with Gasteiger partial charge in [0.2, 0.25) is 10.0 Å². The predicted octanol–water partition coefficient (Wildman–Crippen LogP) is 2.37. The summed E-state index contributed by atoms with van der Waals surface area (Å²) >= 11 is 0. The molecule has 1 N–H and O–H groups in total. The van der Waals surface area contributed by atoms with E-state index in [1.54, 1.807) is 0 Å². The first kappa shape index (κ1) is 20.7. The van der Waals surface area contributed by atoms with Gasteiger partial charge in [0, 0.05) is 25.2 Å². The van der Waals surface area contributed by atoms with E-state index in [1.165, 1.54) is 10.4 Å². The van der Waals surface area contributed by atoms with Crippen LogP contribution in [0, 0.1) is 11.3 Å². The van der Waals surface area contributed by atoms with Crippen LogP contribution in [0.1, 0.15) is 25.0 Å². The Labute approximate surface area is 144 Å². The predicted molar refractivity (Wildman–Crippen MR) is 84.2 cm³/mol. The molecule has 2 atom stereocenters. The Morgan fingerprint density at radius 2 is 1.79 bits per heavy atom. The number of sulfonamides is 1. The maximum atomic E-state index is 12.8. The third-order valence-electron chi connectivity index (χ3n) is 3.58. The molecule has 1 saturated heterocycles. The van der Waals surface area contributed by atoms with Gasteiger partial charge in [-0.25, -0.2) is 8.42 Å². The molecule has 1 aliphatic heterocycles. The summed E-state index contributed by atoms with van der Waals surface area (Å²) in [6.07, 6.45) is -4.70. The molecule has 2 rings (SSSR count). The number of nitrogens with one attached hydrogen (secondary N) is 1. The van der Waals surface area contributed by atoms with Gasteiger partial charge in [0.15, 0.2) is 0 Å². The van der Waals surface area contributed by atoms with Crippen molar-refractivity contribution in [3.63, 3.8) is 0 Å². The Balaban J connectivity index is 0.00000288. The highest BCUT2D eigenvalue weighted by molar-refractivity contribution is 7.89. The average Bonchev–Trinajstić information content (AvgIpc) is 2.44. The molecule has 24 heavy (non-hydrogen) atoms. The number of alkyl halides is 3. The van der Waals surface area contributed by atoms with E-state index < -0.39 is 27.3 Å². The molecule has 1 aromatic carbocycles. The van der Waals surface area contributed by atoms with Crippen LogP contribution in [-0.2, 0) is 16.2 Å². The summed E-state index contributed by atoms with van der Waals surface area (Å²) in [5.41, 5.74) is -1.84. The van der Waals surface area contributed by atoms with Gasteiger partial charge >= 0.3 is 6.18 Å². The normalized spacial score (nSPS) is 22.5. The van der Waals surface area contributed by atoms with Gasteiger partial charge in [-0.2, -0.15) is 22.7 Å². The van der Waals surface area contributed by atoms with Crippen molar-refractivity contribution >= 4 is 22.4 Å². The lowest BCUT2D eigenvalue weighted by Crippen LogP contribution is -2.55. The molecular weight excluding hydrogens is 367 g/mol. The molecule has 5 nitrogen and oxygen atoms in total. The third kappa shape index (κ3) is 4.19. The van der Waals surface area contributed by atoms with Crippen molar-refractivity contribution in [1.29, 1.82) is 5.26 Å². The van der Waals surface area contributed by atoms with E-state index in [4.69, 9.17) is 5.26 Å². The van der Waals surface area contributed by atoms with E-state index in [9.17, 15) is 21.6 Å². The van der Waals surface area contributed by atoms with Gasteiger partial charge < -0.3 is 5.32 Å². The number of rotatable bonds is 2. The Hall–Kier alpha value is -1.34. The van der Waals surface area contributed by atoms with Crippen molar-refractivity contribution in [2.45, 2.75) is 37.0 Å². The highest BCUT2D eigenvalue weighted by atomic mass is 35.5. The Morgan fingerprint density at radius 1 is 1.25 bits per heavy atom. The monoisotopic (exact) mass is 383 g/mol. The largest absolute Gasteiger partial charge is 0.417 e. The van der Waals surface area contributed by atoms with Crippen LogP contribution in [0.3, 0.4) is 0 Å². The summed E-state index contributed by atoms with van der Waals surface area (Å²) in [7, 11) is -3.95. The summed E-state index contributed by atoms with van der Waals surface area (Å²) in [6, 6.07) is 3.60. The number of nitriles is 1. The van der Waals surface area contributed by atoms with E-state index in [0.29, 0.717) is 6.07 Å². The summed E-state index contributed by atoms with van der Waals surface area (Å²) in [6.45, 7) is 4.09. The highest BCUT2D eigenvalue weighted by Gasteiger charge is 2.36. The second kappa shape index (κ2) is 7.27. The van der Waals surface area contributed by atoms with Crippen LogP contribution in [0.15, 0.2) is 23.1 Å². The van der Waals surface area contributed by atoms with Gasteiger partial charge in [0.1, 0.15) is 0 Å². The Morgan fingerprint density at radius 3 is 2.25 bits per heavy atom. The summed E-state index contributed by atoms with van der Waals surface area (Å²) < 4.78 is 64.9. The number of benzene rings is 1. The number of hydrogen-bond acceptors (Lipinski definition) is 4. The van der Waals surface area contributed by atoms with E-state index in [0.717, 1.165) is 12.1 Å². The lowest BCUT2D eigenvalue weighted by Gasteiger charge is -2.35. The molecule has 2 unspecified atom stereocenters. The first-order valence-electron chi connectivity index (χ1n) is 6.93. The van der Waals surface area contributed by atoms with Gasteiger partial charge in [0.05, 0.1) is 22.1 Å². The number of nitrogens with zero attached hydrogens (tertiary/aromatic N) is 2. The van der Waals surface area contributed by atoms with Crippen molar-refractivity contribution in [3.05, 3.63) is 29.3 Å². The summed E-state index contributed by atoms with van der Waals surface area (Å²) in [4.78, 5) is -0.302. The van der Waals surface area contributed by atoms with Crippen molar-refractivity contribution in [2.75, 3.05) is 13.1 Å².